The summed E-state index contributed by atoms with van der Waals surface area (Å²) in [6.07, 6.45) is -0.845. The first-order valence-electron chi connectivity index (χ1n) is 5.45. The van der Waals surface area contributed by atoms with Crippen molar-refractivity contribution >= 4 is 39.7 Å². The fraction of sp³-hybridized carbons (Fsp3) is 0.167. The Morgan fingerprint density at radius 1 is 1.15 bits per heavy atom. The van der Waals surface area contributed by atoms with Crippen LogP contribution in [0.3, 0.4) is 0 Å². The van der Waals surface area contributed by atoms with E-state index in [2.05, 4.69) is 15.9 Å². The van der Waals surface area contributed by atoms with Crippen LogP contribution in [-0.2, 0) is 9.59 Å². The minimum atomic E-state index is -1.72. The molecule has 20 heavy (non-hydrogen) atoms. The summed E-state index contributed by atoms with van der Waals surface area (Å²) in [5, 5.41) is 17.7. The molecule has 2 N–H and O–H groups in total. The van der Waals surface area contributed by atoms with Crippen molar-refractivity contribution in [3.8, 4) is 0 Å². The standard InChI is InChI=1S/C12H8BrNO6/c13-5-1-2-6-7(3-5)11(18)14(10(6)17)8(12(19)20)4-9(15)16/h1-3,8H,4H2,(H,15,16)(H,19,20)/t8-/m0/s1. The highest BCUT2D eigenvalue weighted by Crippen LogP contribution is 2.28. The van der Waals surface area contributed by atoms with Crippen molar-refractivity contribution in [2.24, 2.45) is 0 Å². The molecular formula is C12H8BrNO6. The van der Waals surface area contributed by atoms with Crippen molar-refractivity contribution < 1.29 is 29.4 Å². The topological polar surface area (TPSA) is 112 Å². The number of rotatable bonds is 4. The Morgan fingerprint density at radius 3 is 2.30 bits per heavy atom. The van der Waals surface area contributed by atoms with Gasteiger partial charge in [0.25, 0.3) is 11.8 Å². The second kappa shape index (κ2) is 5.04. The van der Waals surface area contributed by atoms with E-state index >= 15 is 0 Å². The van der Waals surface area contributed by atoms with Crippen LogP contribution in [0.1, 0.15) is 27.1 Å². The molecule has 1 aromatic carbocycles. The molecule has 1 aliphatic rings. The van der Waals surface area contributed by atoms with Gasteiger partial charge in [0.05, 0.1) is 17.5 Å². The van der Waals surface area contributed by atoms with Gasteiger partial charge in [-0.15, -0.1) is 0 Å². The van der Waals surface area contributed by atoms with E-state index in [1.54, 1.807) is 6.07 Å². The molecule has 104 valence electrons. The van der Waals surface area contributed by atoms with Gasteiger partial charge in [-0.2, -0.15) is 0 Å². The average molecular weight is 342 g/mol. The van der Waals surface area contributed by atoms with Crippen LogP contribution in [0.2, 0.25) is 0 Å². The highest BCUT2D eigenvalue weighted by atomic mass is 79.9. The number of nitrogens with zero attached hydrogens (tertiary/aromatic N) is 1. The Hall–Kier alpha value is -2.22. The second-order valence-corrected chi connectivity index (χ2v) is 5.04. The molecule has 7 nitrogen and oxygen atoms in total. The molecule has 0 bridgehead atoms. The minimum absolute atomic E-state index is 0.0565. The van der Waals surface area contributed by atoms with Crippen molar-refractivity contribution in [3.05, 3.63) is 33.8 Å². The normalized spacial score (nSPS) is 15.2. The lowest BCUT2D eigenvalue weighted by molar-refractivity contribution is -0.147. The fourth-order valence-corrected chi connectivity index (χ4v) is 2.33. The zero-order valence-electron chi connectivity index (χ0n) is 9.87. The van der Waals surface area contributed by atoms with E-state index in [0.717, 1.165) is 0 Å². The quantitative estimate of drug-likeness (QED) is 0.789. The molecule has 1 heterocycles. The third-order valence-electron chi connectivity index (χ3n) is 2.84. The summed E-state index contributed by atoms with van der Waals surface area (Å²) in [7, 11) is 0. The first-order chi connectivity index (χ1) is 9.32. The van der Waals surface area contributed by atoms with Crippen LogP contribution >= 0.6 is 15.9 Å². The van der Waals surface area contributed by atoms with Crippen molar-refractivity contribution in [1.82, 2.24) is 4.90 Å². The maximum atomic E-state index is 12.1. The van der Waals surface area contributed by atoms with E-state index in [1.807, 2.05) is 0 Å². The van der Waals surface area contributed by atoms with Crippen LogP contribution in [0, 0.1) is 0 Å². The molecule has 1 aromatic rings. The average Bonchev–Trinajstić information content (AvgIpc) is 2.58. The fourth-order valence-electron chi connectivity index (χ4n) is 1.97. The van der Waals surface area contributed by atoms with E-state index in [1.165, 1.54) is 12.1 Å². The van der Waals surface area contributed by atoms with Crippen molar-refractivity contribution in [3.63, 3.8) is 0 Å². The summed E-state index contributed by atoms with van der Waals surface area (Å²) in [6, 6.07) is 2.60. The molecule has 0 radical (unpaired) electrons. The number of carbonyl (C=O) groups excluding carboxylic acids is 2. The van der Waals surface area contributed by atoms with E-state index in [0.29, 0.717) is 9.37 Å². The molecular weight excluding hydrogens is 334 g/mol. The minimum Gasteiger partial charge on any atom is -0.481 e. The van der Waals surface area contributed by atoms with E-state index in [9.17, 15) is 19.2 Å². The molecule has 2 rings (SSSR count). The van der Waals surface area contributed by atoms with Gasteiger partial charge >= 0.3 is 11.9 Å². The molecule has 2 amide bonds. The van der Waals surface area contributed by atoms with Gasteiger partial charge in [0.1, 0.15) is 6.04 Å². The van der Waals surface area contributed by atoms with Crippen molar-refractivity contribution in [1.29, 1.82) is 0 Å². The van der Waals surface area contributed by atoms with Gasteiger partial charge in [-0.05, 0) is 18.2 Å². The summed E-state index contributed by atoms with van der Waals surface area (Å²) in [4.78, 5) is 46.5. The number of benzene rings is 1. The number of carbonyl (C=O) groups is 4. The number of fused-ring (bicyclic) bond motifs is 1. The molecule has 8 heteroatoms. The van der Waals surface area contributed by atoms with E-state index in [-0.39, 0.29) is 11.1 Å². The van der Waals surface area contributed by atoms with Gasteiger partial charge < -0.3 is 10.2 Å². The lowest BCUT2D eigenvalue weighted by Crippen LogP contribution is -2.46. The van der Waals surface area contributed by atoms with Gasteiger partial charge in [0, 0.05) is 4.47 Å². The highest BCUT2D eigenvalue weighted by Gasteiger charge is 2.43. The monoisotopic (exact) mass is 341 g/mol. The van der Waals surface area contributed by atoms with Crippen LogP contribution in [0.5, 0.6) is 0 Å². The number of imide groups is 1. The van der Waals surface area contributed by atoms with Gasteiger partial charge in [-0.25, -0.2) is 4.79 Å². The predicted molar refractivity (Wildman–Crippen MR) is 68.3 cm³/mol. The van der Waals surface area contributed by atoms with Crippen molar-refractivity contribution in [2.75, 3.05) is 0 Å². The first kappa shape index (κ1) is 14.2. The smallest absolute Gasteiger partial charge is 0.327 e. The molecule has 0 spiro atoms. The zero-order valence-corrected chi connectivity index (χ0v) is 11.5. The van der Waals surface area contributed by atoms with Gasteiger partial charge in [-0.3, -0.25) is 19.3 Å². The second-order valence-electron chi connectivity index (χ2n) is 4.12. The summed E-state index contributed by atoms with van der Waals surface area (Å²) in [5.74, 6) is -4.55. The third kappa shape index (κ3) is 2.29. The molecule has 0 aliphatic carbocycles. The maximum Gasteiger partial charge on any atom is 0.327 e. The van der Waals surface area contributed by atoms with E-state index in [4.69, 9.17) is 10.2 Å². The van der Waals surface area contributed by atoms with Gasteiger partial charge in [0.2, 0.25) is 0 Å². The molecule has 0 saturated heterocycles. The maximum absolute atomic E-state index is 12.1. The predicted octanol–water partition coefficient (Wildman–Crippen LogP) is 0.973. The third-order valence-corrected chi connectivity index (χ3v) is 3.34. The van der Waals surface area contributed by atoms with Crippen LogP contribution in [0.4, 0.5) is 0 Å². The Bertz CT molecular complexity index is 641. The lowest BCUT2D eigenvalue weighted by Gasteiger charge is -2.20. The number of carboxylic acid groups (broad SMARTS) is 2. The van der Waals surface area contributed by atoms with Crippen LogP contribution in [0.25, 0.3) is 0 Å². The molecule has 0 unspecified atom stereocenters. The zero-order chi connectivity index (χ0) is 15.0. The van der Waals surface area contributed by atoms with Gasteiger partial charge in [0.15, 0.2) is 0 Å². The van der Waals surface area contributed by atoms with Crippen LogP contribution in [-0.4, -0.2) is 44.9 Å². The lowest BCUT2D eigenvalue weighted by atomic mass is 10.1. The molecule has 0 saturated carbocycles. The first-order valence-corrected chi connectivity index (χ1v) is 6.24. The summed E-state index contributed by atoms with van der Waals surface area (Å²) >= 11 is 3.15. The number of hydrogen-bond donors (Lipinski definition) is 2. The Balaban J connectivity index is 2.45. The van der Waals surface area contributed by atoms with Gasteiger partial charge in [-0.1, -0.05) is 15.9 Å². The van der Waals surface area contributed by atoms with Crippen LogP contribution in [0.15, 0.2) is 22.7 Å². The molecule has 1 atom stereocenters. The summed E-state index contributed by atoms with van der Waals surface area (Å²) in [6.45, 7) is 0. The number of amides is 2. The number of halogens is 1. The Kier molecular flexibility index (Phi) is 3.58. The summed E-state index contributed by atoms with van der Waals surface area (Å²) < 4.78 is 0.560. The number of aliphatic carboxylic acids is 2. The largest absolute Gasteiger partial charge is 0.481 e. The number of carboxylic acids is 2. The Labute approximate surface area is 120 Å². The van der Waals surface area contributed by atoms with Crippen LogP contribution < -0.4 is 0 Å². The van der Waals surface area contributed by atoms with Crippen molar-refractivity contribution in [2.45, 2.75) is 12.5 Å². The van der Waals surface area contributed by atoms with E-state index < -0.39 is 36.2 Å². The highest BCUT2D eigenvalue weighted by molar-refractivity contribution is 9.10. The number of hydrogen-bond acceptors (Lipinski definition) is 4. The Morgan fingerprint density at radius 2 is 1.75 bits per heavy atom. The molecule has 1 aliphatic heterocycles. The molecule has 0 fully saturated rings. The summed E-state index contributed by atoms with van der Waals surface area (Å²) in [5.41, 5.74) is 0.121. The SMILES string of the molecule is O=C(O)C[C@@H](C(=O)O)N1C(=O)c2ccc(Br)cc2C1=O. The molecule has 0 aromatic heterocycles.